The first-order chi connectivity index (χ1) is 17.0. The molecular weight excluding hydrogens is 442 g/mol. The van der Waals surface area contributed by atoms with Gasteiger partial charge in [-0.1, -0.05) is 6.07 Å². The molecule has 3 aliphatic carbocycles. The molecule has 35 heavy (non-hydrogen) atoms. The molecule has 2 N–H and O–H groups in total. The van der Waals surface area contributed by atoms with E-state index in [4.69, 9.17) is 9.72 Å². The van der Waals surface area contributed by atoms with Crippen molar-refractivity contribution in [1.82, 2.24) is 15.2 Å². The average Bonchev–Trinajstić information content (AvgIpc) is 3.31. The smallest absolute Gasteiger partial charge is 0.307 e. The van der Waals surface area contributed by atoms with E-state index >= 15 is 0 Å². The molecule has 0 bridgehead atoms. The van der Waals surface area contributed by atoms with E-state index in [1.807, 2.05) is 6.20 Å². The zero-order chi connectivity index (χ0) is 24.2. The fourth-order valence-electron chi connectivity index (χ4n) is 5.95. The van der Waals surface area contributed by atoms with E-state index in [1.165, 1.54) is 41.8 Å². The van der Waals surface area contributed by atoms with Crippen LogP contribution in [0.2, 0.25) is 0 Å². The van der Waals surface area contributed by atoms with Crippen LogP contribution in [0.15, 0.2) is 18.3 Å². The van der Waals surface area contributed by atoms with Crippen molar-refractivity contribution < 1.29 is 19.4 Å². The van der Waals surface area contributed by atoms with Gasteiger partial charge in [0.05, 0.1) is 18.2 Å². The minimum atomic E-state index is -0.899. The zero-order valence-electron chi connectivity index (χ0n) is 20.5. The minimum Gasteiger partial charge on any atom is -0.481 e. The number of pyridine rings is 1. The van der Waals surface area contributed by atoms with Crippen LogP contribution in [0, 0.1) is 17.8 Å². The van der Waals surface area contributed by atoms with Gasteiger partial charge in [-0.15, -0.1) is 0 Å². The van der Waals surface area contributed by atoms with Gasteiger partial charge in [0.2, 0.25) is 0 Å². The first kappa shape index (κ1) is 24.2. The van der Waals surface area contributed by atoms with Crippen molar-refractivity contribution in [3.8, 4) is 0 Å². The van der Waals surface area contributed by atoms with Crippen molar-refractivity contribution in [2.45, 2.75) is 89.6 Å². The maximum Gasteiger partial charge on any atom is 0.307 e. The highest BCUT2D eigenvalue weighted by Crippen LogP contribution is 2.34. The Morgan fingerprint density at radius 1 is 1.14 bits per heavy atom. The molecule has 7 nitrogen and oxygen atoms in total. The highest BCUT2D eigenvalue weighted by atomic mass is 16.5. The number of aromatic nitrogens is 3. The van der Waals surface area contributed by atoms with Crippen LogP contribution in [0.1, 0.15) is 79.6 Å². The number of hydrogen-bond acceptors (Lipinski definition) is 5. The fraction of sp³-hybridized carbons (Fsp3) is 0.643. The largest absolute Gasteiger partial charge is 0.481 e. The molecule has 2 unspecified atom stereocenters. The molecule has 1 saturated carbocycles. The number of hydrogen-bond donors (Lipinski definition) is 2. The standard InChI is InChI=1S/C28H37N3O4/c32-27(20-6-7-22-17-29-31-26(22)15-20)16-21(28(33)34)11-12-35-24-13-18(14-24)5-9-23-10-8-19-3-1-2-4-25(19)30-23/h8,10,17-18,20-21,24H,1-7,9,11-16H2,(H,29,31)(H,33,34). The monoisotopic (exact) mass is 479 g/mol. The molecule has 2 aromatic rings. The van der Waals surface area contributed by atoms with Gasteiger partial charge in [-0.25, -0.2) is 0 Å². The number of nitrogens with one attached hydrogen (secondary N) is 1. The van der Waals surface area contributed by atoms with Gasteiger partial charge < -0.3 is 9.84 Å². The van der Waals surface area contributed by atoms with Gasteiger partial charge >= 0.3 is 5.97 Å². The summed E-state index contributed by atoms with van der Waals surface area (Å²) in [5.41, 5.74) is 6.15. The fourth-order valence-corrected chi connectivity index (χ4v) is 5.95. The predicted molar refractivity (Wildman–Crippen MR) is 131 cm³/mol. The van der Waals surface area contributed by atoms with Crippen molar-refractivity contribution in [3.05, 3.63) is 46.5 Å². The van der Waals surface area contributed by atoms with Crippen LogP contribution in [0.5, 0.6) is 0 Å². The quantitative estimate of drug-likeness (QED) is 0.499. The van der Waals surface area contributed by atoms with Crippen LogP contribution in [0.4, 0.5) is 0 Å². The third-order valence-electron chi connectivity index (χ3n) is 8.33. The van der Waals surface area contributed by atoms with Crippen LogP contribution >= 0.6 is 0 Å². The molecule has 5 rings (SSSR count). The zero-order valence-corrected chi connectivity index (χ0v) is 20.5. The van der Waals surface area contributed by atoms with Crippen LogP contribution < -0.4 is 0 Å². The Hall–Kier alpha value is -2.54. The summed E-state index contributed by atoms with van der Waals surface area (Å²) in [6, 6.07) is 4.47. The van der Waals surface area contributed by atoms with Gasteiger partial charge in [0.15, 0.2) is 0 Å². The number of Topliss-reactive ketones (excluding diaryl/α,β-unsaturated/α-hetero) is 1. The van der Waals surface area contributed by atoms with Crippen molar-refractivity contribution in [2.24, 2.45) is 17.8 Å². The molecule has 0 aliphatic heterocycles. The third-order valence-corrected chi connectivity index (χ3v) is 8.33. The van der Waals surface area contributed by atoms with E-state index in [0.717, 1.165) is 50.6 Å². The molecule has 2 atom stereocenters. The Kier molecular flexibility index (Phi) is 7.61. The number of carboxylic acids is 1. The van der Waals surface area contributed by atoms with Gasteiger partial charge in [-0.2, -0.15) is 5.10 Å². The number of aryl methyl sites for hydroxylation is 4. The van der Waals surface area contributed by atoms with Crippen LogP contribution in [-0.4, -0.2) is 44.8 Å². The Morgan fingerprint density at radius 3 is 2.86 bits per heavy atom. The molecule has 2 aromatic heterocycles. The van der Waals surface area contributed by atoms with E-state index in [1.54, 1.807) is 0 Å². The summed E-state index contributed by atoms with van der Waals surface area (Å²) in [5, 5.41) is 16.7. The first-order valence-electron chi connectivity index (χ1n) is 13.4. The van der Waals surface area contributed by atoms with E-state index in [-0.39, 0.29) is 24.2 Å². The highest BCUT2D eigenvalue weighted by molar-refractivity contribution is 5.86. The van der Waals surface area contributed by atoms with Gasteiger partial charge in [0.1, 0.15) is 5.78 Å². The molecule has 0 aromatic carbocycles. The molecule has 3 aliphatic rings. The number of aromatic amines is 1. The lowest BCUT2D eigenvalue weighted by Crippen LogP contribution is -2.33. The number of carbonyl (C=O) groups is 2. The number of H-pyrrole nitrogens is 1. The summed E-state index contributed by atoms with van der Waals surface area (Å²) >= 11 is 0. The maximum atomic E-state index is 12.8. The van der Waals surface area contributed by atoms with Gasteiger partial charge in [0, 0.05) is 36.0 Å². The summed E-state index contributed by atoms with van der Waals surface area (Å²) in [6.07, 6.45) is 13.8. The van der Waals surface area contributed by atoms with Crippen molar-refractivity contribution >= 4 is 11.8 Å². The van der Waals surface area contributed by atoms with Crippen LogP contribution in [0.25, 0.3) is 0 Å². The topological polar surface area (TPSA) is 105 Å². The summed E-state index contributed by atoms with van der Waals surface area (Å²) in [6.45, 7) is 0.406. The Morgan fingerprint density at radius 2 is 2.00 bits per heavy atom. The number of fused-ring (bicyclic) bond motifs is 2. The van der Waals surface area contributed by atoms with Gasteiger partial charge in [-0.05, 0) is 100 Å². The normalized spacial score (nSPS) is 24.2. The summed E-state index contributed by atoms with van der Waals surface area (Å²) in [5.74, 6) is -0.964. The summed E-state index contributed by atoms with van der Waals surface area (Å²) < 4.78 is 5.97. The average molecular weight is 480 g/mol. The van der Waals surface area contributed by atoms with Crippen molar-refractivity contribution in [2.75, 3.05) is 6.61 Å². The second-order valence-corrected chi connectivity index (χ2v) is 10.8. The summed E-state index contributed by atoms with van der Waals surface area (Å²) in [7, 11) is 0. The predicted octanol–water partition coefficient (Wildman–Crippen LogP) is 4.27. The van der Waals surface area contributed by atoms with Gasteiger partial charge in [0.25, 0.3) is 0 Å². The molecule has 0 radical (unpaired) electrons. The van der Waals surface area contributed by atoms with E-state index < -0.39 is 11.9 Å². The molecule has 188 valence electrons. The third kappa shape index (κ3) is 6.00. The van der Waals surface area contributed by atoms with E-state index in [9.17, 15) is 14.7 Å². The van der Waals surface area contributed by atoms with Gasteiger partial charge in [-0.3, -0.25) is 19.7 Å². The lowest BCUT2D eigenvalue weighted by atomic mass is 9.79. The van der Waals surface area contributed by atoms with E-state index in [2.05, 4.69) is 22.3 Å². The van der Waals surface area contributed by atoms with Crippen LogP contribution in [0.3, 0.4) is 0 Å². The number of rotatable bonds is 11. The number of nitrogens with zero attached hydrogens (tertiary/aromatic N) is 2. The second-order valence-electron chi connectivity index (χ2n) is 10.8. The Labute approximate surface area is 207 Å². The highest BCUT2D eigenvalue weighted by Gasteiger charge is 2.32. The molecule has 0 amide bonds. The first-order valence-corrected chi connectivity index (χ1v) is 13.4. The second kappa shape index (κ2) is 11.0. The van der Waals surface area contributed by atoms with Crippen LogP contribution in [-0.2, 0) is 46.4 Å². The summed E-state index contributed by atoms with van der Waals surface area (Å²) in [4.78, 5) is 29.4. The molecule has 7 heteroatoms. The SMILES string of the molecule is O=C(O)C(CCOC1CC(CCc2ccc3c(n2)CCCC3)C1)CC(=O)C1CCc2cn[nH]c2C1. The Bertz CT molecular complexity index is 1040. The number of ketones is 1. The lowest BCUT2D eigenvalue weighted by molar-refractivity contribution is -0.145. The Balaban J connectivity index is 0.993. The molecule has 0 saturated heterocycles. The van der Waals surface area contributed by atoms with Crippen molar-refractivity contribution in [3.63, 3.8) is 0 Å². The maximum absolute atomic E-state index is 12.8. The number of aliphatic carboxylic acids is 1. The molecule has 2 heterocycles. The minimum absolute atomic E-state index is 0.0529. The molecule has 1 fully saturated rings. The van der Waals surface area contributed by atoms with Crippen molar-refractivity contribution in [1.29, 1.82) is 0 Å². The molecule has 0 spiro atoms. The lowest BCUT2D eigenvalue weighted by Gasteiger charge is -2.35. The number of carboxylic acid groups (broad SMARTS) is 1. The number of ether oxygens (including phenoxy) is 1. The molecular formula is C28H37N3O4. The van der Waals surface area contributed by atoms with E-state index in [0.29, 0.717) is 25.4 Å². The number of carbonyl (C=O) groups excluding carboxylic acids is 1.